The van der Waals surface area contributed by atoms with E-state index in [-0.39, 0.29) is 18.0 Å². The molecule has 1 amide bonds. The van der Waals surface area contributed by atoms with Crippen LogP contribution in [0.2, 0.25) is 0 Å². The van der Waals surface area contributed by atoms with Crippen molar-refractivity contribution in [2.45, 2.75) is 44.7 Å². The lowest BCUT2D eigenvalue weighted by atomic mass is 10.00. The molecule has 0 radical (unpaired) electrons. The molecular weight excluding hydrogens is 302 g/mol. The topological polar surface area (TPSA) is 47.4 Å². The molecular formula is C19H25N3O2. The van der Waals surface area contributed by atoms with E-state index in [4.69, 9.17) is 4.74 Å². The molecule has 24 heavy (non-hydrogen) atoms. The largest absolute Gasteiger partial charge is 0.497 e. The van der Waals surface area contributed by atoms with Crippen LogP contribution in [0.3, 0.4) is 0 Å². The number of carbonyl (C=O) groups excluding carboxylic acids is 1. The second kappa shape index (κ2) is 7.51. The Morgan fingerprint density at radius 3 is 2.71 bits per heavy atom. The van der Waals surface area contributed by atoms with E-state index in [1.807, 2.05) is 29.8 Å². The number of amides is 1. The molecule has 0 bridgehead atoms. The van der Waals surface area contributed by atoms with Crippen LogP contribution in [0, 0.1) is 0 Å². The molecule has 1 saturated heterocycles. The van der Waals surface area contributed by atoms with Gasteiger partial charge in [-0.15, -0.1) is 0 Å². The third kappa shape index (κ3) is 3.45. The number of imidazole rings is 1. The smallest absolute Gasteiger partial charge is 0.245 e. The second-order valence-corrected chi connectivity index (χ2v) is 6.36. The molecule has 1 aromatic heterocycles. The zero-order valence-corrected chi connectivity index (χ0v) is 14.4. The number of hydrogen-bond donors (Lipinski definition) is 0. The molecule has 1 fully saturated rings. The van der Waals surface area contributed by atoms with Gasteiger partial charge in [-0.2, -0.15) is 0 Å². The second-order valence-electron chi connectivity index (χ2n) is 6.36. The third-order valence-electron chi connectivity index (χ3n) is 4.87. The molecule has 0 N–H and O–H groups in total. The van der Waals surface area contributed by atoms with Crippen molar-refractivity contribution >= 4 is 5.91 Å². The lowest BCUT2D eigenvalue weighted by Gasteiger charge is -2.33. The number of rotatable bonds is 4. The fourth-order valence-electron chi connectivity index (χ4n) is 3.41. The molecule has 0 aliphatic carbocycles. The van der Waals surface area contributed by atoms with E-state index in [9.17, 15) is 4.79 Å². The number of nitrogens with zero attached hydrogens (tertiary/aromatic N) is 3. The minimum atomic E-state index is -0.230. The maximum absolute atomic E-state index is 13.1. The van der Waals surface area contributed by atoms with Crippen LogP contribution in [-0.2, 0) is 4.79 Å². The highest BCUT2D eigenvalue weighted by molar-refractivity contribution is 5.80. The molecule has 1 aliphatic rings. The molecule has 5 nitrogen and oxygen atoms in total. The lowest BCUT2D eigenvalue weighted by Crippen LogP contribution is -2.38. The van der Waals surface area contributed by atoms with Gasteiger partial charge >= 0.3 is 0 Å². The Hall–Kier alpha value is -2.30. The highest BCUT2D eigenvalue weighted by Crippen LogP contribution is 2.32. The molecule has 1 aromatic carbocycles. The number of benzene rings is 1. The van der Waals surface area contributed by atoms with Gasteiger partial charge in [0.25, 0.3) is 0 Å². The summed E-state index contributed by atoms with van der Waals surface area (Å²) in [6.07, 6.45) is 9.68. The van der Waals surface area contributed by atoms with Gasteiger partial charge in [0.1, 0.15) is 11.8 Å². The van der Waals surface area contributed by atoms with Crippen LogP contribution in [0.25, 0.3) is 0 Å². The van der Waals surface area contributed by atoms with Crippen molar-refractivity contribution in [3.8, 4) is 5.75 Å². The van der Waals surface area contributed by atoms with E-state index in [1.165, 1.54) is 12.0 Å². The molecule has 2 aromatic rings. The van der Waals surface area contributed by atoms with E-state index in [0.717, 1.165) is 31.6 Å². The van der Waals surface area contributed by atoms with E-state index in [0.29, 0.717) is 0 Å². The van der Waals surface area contributed by atoms with Crippen LogP contribution >= 0.6 is 0 Å². The Kier molecular flexibility index (Phi) is 5.18. The van der Waals surface area contributed by atoms with Crippen molar-refractivity contribution in [3.05, 3.63) is 48.5 Å². The Labute approximate surface area is 143 Å². The van der Waals surface area contributed by atoms with E-state index in [1.54, 1.807) is 19.6 Å². The summed E-state index contributed by atoms with van der Waals surface area (Å²) in [5, 5.41) is 0. The molecule has 0 saturated carbocycles. The molecule has 2 heterocycles. The molecule has 128 valence electrons. The van der Waals surface area contributed by atoms with Gasteiger partial charge in [0, 0.05) is 18.9 Å². The van der Waals surface area contributed by atoms with Crippen LogP contribution < -0.4 is 4.74 Å². The lowest BCUT2D eigenvalue weighted by molar-refractivity contribution is -0.136. The monoisotopic (exact) mass is 327 g/mol. The summed E-state index contributed by atoms with van der Waals surface area (Å²) in [5.74, 6) is 1.01. The summed E-state index contributed by atoms with van der Waals surface area (Å²) in [6.45, 7) is 2.76. The zero-order chi connectivity index (χ0) is 16.9. The van der Waals surface area contributed by atoms with E-state index >= 15 is 0 Å². The number of carbonyl (C=O) groups is 1. The fraction of sp³-hybridized carbons (Fsp3) is 0.474. The molecule has 0 unspecified atom stereocenters. The predicted octanol–water partition coefficient (Wildman–Crippen LogP) is 3.60. The van der Waals surface area contributed by atoms with Gasteiger partial charge in [-0.25, -0.2) is 4.98 Å². The third-order valence-corrected chi connectivity index (χ3v) is 4.87. The van der Waals surface area contributed by atoms with Crippen LogP contribution in [0.1, 0.15) is 50.3 Å². The maximum Gasteiger partial charge on any atom is 0.245 e. The molecule has 1 aliphatic heterocycles. The van der Waals surface area contributed by atoms with Gasteiger partial charge in [-0.1, -0.05) is 25.0 Å². The molecule has 5 heteroatoms. The van der Waals surface area contributed by atoms with Crippen molar-refractivity contribution in [3.63, 3.8) is 0 Å². The summed E-state index contributed by atoms with van der Waals surface area (Å²) < 4.78 is 7.13. The van der Waals surface area contributed by atoms with Crippen LogP contribution in [0.5, 0.6) is 5.75 Å². The minimum Gasteiger partial charge on any atom is -0.497 e. The van der Waals surface area contributed by atoms with Crippen molar-refractivity contribution in [2.24, 2.45) is 0 Å². The van der Waals surface area contributed by atoms with E-state index < -0.39 is 0 Å². The minimum absolute atomic E-state index is 0.136. The van der Waals surface area contributed by atoms with Gasteiger partial charge in [-0.05, 0) is 37.5 Å². The summed E-state index contributed by atoms with van der Waals surface area (Å²) in [7, 11) is 1.67. The maximum atomic E-state index is 13.1. The summed E-state index contributed by atoms with van der Waals surface area (Å²) in [4.78, 5) is 19.2. The van der Waals surface area contributed by atoms with Gasteiger partial charge < -0.3 is 14.2 Å². The molecule has 0 spiro atoms. The molecule has 3 rings (SSSR count). The van der Waals surface area contributed by atoms with Crippen LogP contribution in [-0.4, -0.2) is 34.0 Å². The first-order chi connectivity index (χ1) is 11.7. The Morgan fingerprint density at radius 1 is 1.25 bits per heavy atom. The van der Waals surface area contributed by atoms with Crippen LogP contribution in [0.15, 0.2) is 43.0 Å². The number of methoxy groups -OCH3 is 1. The highest BCUT2D eigenvalue weighted by atomic mass is 16.5. The Morgan fingerprint density at radius 2 is 2.04 bits per heavy atom. The summed E-state index contributed by atoms with van der Waals surface area (Å²) in [5.41, 5.74) is 1.18. The van der Waals surface area contributed by atoms with Crippen molar-refractivity contribution in [1.29, 1.82) is 0 Å². The Balaban J connectivity index is 1.85. The van der Waals surface area contributed by atoms with Crippen molar-refractivity contribution < 1.29 is 9.53 Å². The van der Waals surface area contributed by atoms with Gasteiger partial charge in [0.2, 0.25) is 5.91 Å². The first-order valence-corrected chi connectivity index (χ1v) is 8.62. The highest BCUT2D eigenvalue weighted by Gasteiger charge is 2.30. The SMILES string of the molecule is COc1ccc([C@@H]2CCCCCN2C(=O)[C@H](C)n2ccnc2)cc1. The first-order valence-electron chi connectivity index (χ1n) is 8.62. The standard InChI is InChI=1S/C19H25N3O2/c1-15(21-13-11-20-14-21)19(23)22-12-5-3-4-6-18(22)16-7-9-17(24-2)10-8-16/h7-11,13-15,18H,3-6,12H2,1-2H3/t15-,18-/m0/s1. The average molecular weight is 327 g/mol. The average Bonchev–Trinajstić information content (AvgIpc) is 3.05. The van der Waals surface area contributed by atoms with Crippen molar-refractivity contribution in [2.75, 3.05) is 13.7 Å². The van der Waals surface area contributed by atoms with Gasteiger partial charge in [0.05, 0.1) is 19.5 Å². The quantitative estimate of drug-likeness (QED) is 0.862. The zero-order valence-electron chi connectivity index (χ0n) is 14.4. The predicted molar refractivity (Wildman–Crippen MR) is 92.9 cm³/mol. The number of hydrogen-bond acceptors (Lipinski definition) is 3. The van der Waals surface area contributed by atoms with Gasteiger partial charge in [0.15, 0.2) is 0 Å². The first kappa shape index (κ1) is 16.6. The fourth-order valence-corrected chi connectivity index (χ4v) is 3.41. The number of ether oxygens (including phenoxy) is 1. The van der Waals surface area contributed by atoms with Crippen LogP contribution in [0.4, 0.5) is 0 Å². The summed E-state index contributed by atoms with van der Waals surface area (Å²) >= 11 is 0. The van der Waals surface area contributed by atoms with Gasteiger partial charge in [-0.3, -0.25) is 4.79 Å². The number of aromatic nitrogens is 2. The van der Waals surface area contributed by atoms with E-state index in [2.05, 4.69) is 22.0 Å². The molecule has 2 atom stereocenters. The summed E-state index contributed by atoms with van der Waals surface area (Å²) in [6, 6.07) is 8.02. The number of likely N-dealkylation sites (tertiary alicyclic amines) is 1. The normalized spacial score (nSPS) is 19.6. The van der Waals surface area contributed by atoms with Crippen molar-refractivity contribution in [1.82, 2.24) is 14.5 Å². The Bertz CT molecular complexity index is 652.